The summed E-state index contributed by atoms with van der Waals surface area (Å²) in [4.78, 5) is 10.1. The lowest BCUT2D eigenvalue weighted by Crippen LogP contribution is -2.29. The van der Waals surface area contributed by atoms with Gasteiger partial charge in [0.15, 0.2) is 0 Å². The number of halogens is 3. The van der Waals surface area contributed by atoms with Gasteiger partial charge in [-0.1, -0.05) is 6.07 Å². The van der Waals surface area contributed by atoms with E-state index in [0.717, 1.165) is 6.54 Å². The number of alkyl halides is 3. The van der Waals surface area contributed by atoms with Crippen LogP contribution in [-0.4, -0.2) is 34.3 Å². The normalized spacial score (nSPS) is 16.5. The SMILES string of the molecule is CN(CCn1ccnc1)c1ccc(C2(C(F)(F)F)CC2)cn1. The van der Waals surface area contributed by atoms with Gasteiger partial charge >= 0.3 is 6.18 Å². The quantitative estimate of drug-likeness (QED) is 0.851. The van der Waals surface area contributed by atoms with E-state index in [1.54, 1.807) is 24.7 Å². The third-order valence-corrected chi connectivity index (χ3v) is 4.24. The number of pyridine rings is 1. The highest BCUT2D eigenvalue weighted by Crippen LogP contribution is 2.58. The summed E-state index contributed by atoms with van der Waals surface area (Å²) in [6.45, 7) is 1.44. The third-order valence-electron chi connectivity index (χ3n) is 4.24. The average Bonchev–Trinajstić information content (AvgIpc) is 3.16. The monoisotopic (exact) mass is 310 g/mol. The summed E-state index contributed by atoms with van der Waals surface area (Å²) >= 11 is 0. The number of likely N-dealkylation sites (N-methyl/N-ethyl adjacent to an activating group) is 1. The predicted octanol–water partition coefficient (Wildman–Crippen LogP) is 3.01. The number of anilines is 1. The molecule has 7 heteroatoms. The Balaban J connectivity index is 1.66. The lowest BCUT2D eigenvalue weighted by molar-refractivity contribution is -0.160. The summed E-state index contributed by atoms with van der Waals surface area (Å²) < 4.78 is 41.2. The van der Waals surface area contributed by atoms with Crippen LogP contribution in [0.2, 0.25) is 0 Å². The minimum atomic E-state index is -4.19. The molecule has 3 rings (SSSR count). The van der Waals surface area contributed by atoms with Gasteiger partial charge in [-0.3, -0.25) is 0 Å². The van der Waals surface area contributed by atoms with Crippen molar-refractivity contribution in [3.63, 3.8) is 0 Å². The van der Waals surface area contributed by atoms with Gasteiger partial charge in [-0.25, -0.2) is 9.97 Å². The number of hydrogen-bond donors (Lipinski definition) is 0. The van der Waals surface area contributed by atoms with Gasteiger partial charge < -0.3 is 9.47 Å². The number of hydrogen-bond acceptors (Lipinski definition) is 3. The maximum absolute atomic E-state index is 13.1. The molecule has 1 saturated carbocycles. The molecule has 0 unspecified atom stereocenters. The zero-order chi connectivity index (χ0) is 15.8. The van der Waals surface area contributed by atoms with Gasteiger partial charge in [0, 0.05) is 38.7 Å². The number of rotatable bonds is 5. The van der Waals surface area contributed by atoms with Gasteiger partial charge in [0.05, 0.1) is 11.7 Å². The van der Waals surface area contributed by atoms with Gasteiger partial charge in [0.1, 0.15) is 5.82 Å². The standard InChI is InChI=1S/C15H17F3N4/c1-21(8-9-22-7-6-19-11-22)13-3-2-12(10-20-13)14(4-5-14)15(16,17)18/h2-3,6-7,10-11H,4-5,8-9H2,1H3. The smallest absolute Gasteiger partial charge is 0.358 e. The lowest BCUT2D eigenvalue weighted by Gasteiger charge is -2.22. The van der Waals surface area contributed by atoms with Crippen molar-refractivity contribution in [3.05, 3.63) is 42.6 Å². The van der Waals surface area contributed by atoms with E-state index in [1.165, 1.54) is 6.20 Å². The van der Waals surface area contributed by atoms with Crippen LogP contribution in [0.1, 0.15) is 18.4 Å². The first-order chi connectivity index (χ1) is 10.4. The molecule has 2 heterocycles. The Kier molecular flexibility index (Phi) is 3.58. The highest BCUT2D eigenvalue weighted by molar-refractivity contribution is 5.42. The van der Waals surface area contributed by atoms with E-state index in [0.29, 0.717) is 12.4 Å². The summed E-state index contributed by atoms with van der Waals surface area (Å²) in [5.41, 5.74) is -1.39. The molecule has 22 heavy (non-hydrogen) atoms. The van der Waals surface area contributed by atoms with Crippen molar-refractivity contribution < 1.29 is 13.2 Å². The number of aromatic nitrogens is 3. The summed E-state index contributed by atoms with van der Waals surface area (Å²) in [5.74, 6) is 0.668. The molecule has 2 aromatic heterocycles. The molecule has 0 N–H and O–H groups in total. The molecule has 1 fully saturated rings. The van der Waals surface area contributed by atoms with E-state index >= 15 is 0 Å². The fourth-order valence-corrected chi connectivity index (χ4v) is 2.55. The van der Waals surface area contributed by atoms with Gasteiger partial charge in [-0.05, 0) is 24.5 Å². The molecule has 0 spiro atoms. The second kappa shape index (κ2) is 5.30. The maximum Gasteiger partial charge on any atom is 0.398 e. The molecular formula is C15H17F3N4. The zero-order valence-electron chi connectivity index (χ0n) is 12.2. The van der Waals surface area contributed by atoms with E-state index in [9.17, 15) is 13.2 Å². The van der Waals surface area contributed by atoms with E-state index in [2.05, 4.69) is 9.97 Å². The van der Waals surface area contributed by atoms with E-state index < -0.39 is 11.6 Å². The van der Waals surface area contributed by atoms with Gasteiger partial charge in [-0.15, -0.1) is 0 Å². The maximum atomic E-state index is 13.1. The Morgan fingerprint density at radius 3 is 2.59 bits per heavy atom. The van der Waals surface area contributed by atoms with Crippen molar-refractivity contribution >= 4 is 5.82 Å². The summed E-state index contributed by atoms with van der Waals surface area (Å²) in [6.07, 6.45) is 2.80. The molecule has 1 aliphatic rings. The van der Waals surface area contributed by atoms with Gasteiger partial charge in [0.2, 0.25) is 0 Å². The van der Waals surface area contributed by atoms with E-state index in [1.807, 2.05) is 22.7 Å². The second-order valence-corrected chi connectivity index (χ2v) is 5.71. The Labute approximate surface area is 126 Å². The summed E-state index contributed by atoms with van der Waals surface area (Å²) in [7, 11) is 1.87. The third kappa shape index (κ3) is 2.67. The van der Waals surface area contributed by atoms with Crippen molar-refractivity contribution in [2.45, 2.75) is 31.0 Å². The molecule has 0 amide bonds. The van der Waals surface area contributed by atoms with Crippen LogP contribution >= 0.6 is 0 Å². The lowest BCUT2D eigenvalue weighted by atomic mass is 9.97. The largest absolute Gasteiger partial charge is 0.398 e. The molecule has 0 saturated heterocycles. The molecular weight excluding hydrogens is 293 g/mol. The van der Waals surface area contributed by atoms with Crippen molar-refractivity contribution in [3.8, 4) is 0 Å². The highest BCUT2D eigenvalue weighted by atomic mass is 19.4. The van der Waals surface area contributed by atoms with Crippen molar-refractivity contribution in [1.29, 1.82) is 0 Å². The Morgan fingerprint density at radius 1 is 1.32 bits per heavy atom. The first kappa shape index (κ1) is 14.9. The molecule has 0 atom stereocenters. The van der Waals surface area contributed by atoms with Crippen LogP contribution in [0, 0.1) is 0 Å². The van der Waals surface area contributed by atoms with Crippen LogP contribution < -0.4 is 4.90 Å². The van der Waals surface area contributed by atoms with Crippen molar-refractivity contribution in [1.82, 2.24) is 14.5 Å². The zero-order valence-corrected chi connectivity index (χ0v) is 12.2. The minimum Gasteiger partial charge on any atom is -0.358 e. The molecule has 4 nitrogen and oxygen atoms in total. The van der Waals surface area contributed by atoms with Crippen LogP contribution in [0.25, 0.3) is 0 Å². The fourth-order valence-electron chi connectivity index (χ4n) is 2.55. The predicted molar refractivity (Wildman–Crippen MR) is 76.7 cm³/mol. The molecule has 0 aliphatic heterocycles. The van der Waals surface area contributed by atoms with Crippen molar-refractivity contribution in [2.24, 2.45) is 0 Å². The topological polar surface area (TPSA) is 34.0 Å². The molecule has 1 aliphatic carbocycles. The van der Waals surface area contributed by atoms with Crippen molar-refractivity contribution in [2.75, 3.05) is 18.5 Å². The van der Waals surface area contributed by atoms with Gasteiger partial charge in [0.25, 0.3) is 0 Å². The van der Waals surface area contributed by atoms with Crippen LogP contribution in [0.15, 0.2) is 37.1 Å². The Morgan fingerprint density at radius 2 is 2.09 bits per heavy atom. The Bertz CT molecular complexity index is 615. The molecule has 0 aromatic carbocycles. The average molecular weight is 310 g/mol. The van der Waals surface area contributed by atoms with Crippen LogP contribution in [0.4, 0.5) is 19.0 Å². The molecule has 2 aromatic rings. The summed E-state index contributed by atoms with van der Waals surface area (Å²) in [6, 6.07) is 3.21. The number of nitrogens with zero attached hydrogens (tertiary/aromatic N) is 4. The molecule has 0 radical (unpaired) electrons. The van der Waals surface area contributed by atoms with Crippen LogP contribution in [-0.2, 0) is 12.0 Å². The first-order valence-electron chi connectivity index (χ1n) is 7.12. The Hall–Kier alpha value is -2.05. The van der Waals surface area contributed by atoms with Crippen LogP contribution in [0.3, 0.4) is 0 Å². The molecule has 0 bridgehead atoms. The minimum absolute atomic E-state index is 0.161. The van der Waals surface area contributed by atoms with E-state index in [4.69, 9.17) is 0 Å². The van der Waals surface area contributed by atoms with Crippen LogP contribution in [0.5, 0.6) is 0 Å². The molecule has 118 valence electrons. The fraction of sp³-hybridized carbons (Fsp3) is 0.467. The highest BCUT2D eigenvalue weighted by Gasteiger charge is 2.64. The summed E-state index contributed by atoms with van der Waals surface area (Å²) in [5, 5.41) is 0. The second-order valence-electron chi connectivity index (χ2n) is 5.71. The van der Waals surface area contributed by atoms with E-state index in [-0.39, 0.29) is 18.4 Å². The number of imidazole rings is 1. The van der Waals surface area contributed by atoms with Gasteiger partial charge in [-0.2, -0.15) is 13.2 Å². The first-order valence-corrected chi connectivity index (χ1v) is 7.12.